The summed E-state index contributed by atoms with van der Waals surface area (Å²) >= 11 is 0. The Balaban J connectivity index is 1.88. The van der Waals surface area contributed by atoms with Crippen molar-refractivity contribution >= 4 is 17.0 Å². The largest absolute Gasteiger partial charge is 0.315 e. The zero-order valence-electron chi connectivity index (χ0n) is 11.3. The summed E-state index contributed by atoms with van der Waals surface area (Å²) in [4.78, 5) is 4.80. The van der Waals surface area contributed by atoms with E-state index < -0.39 is 0 Å². The van der Waals surface area contributed by atoms with Gasteiger partial charge in [-0.1, -0.05) is 49.4 Å². The van der Waals surface area contributed by atoms with Crippen LogP contribution in [0.5, 0.6) is 0 Å². The summed E-state index contributed by atoms with van der Waals surface area (Å²) in [6, 6.07) is 15.3. The van der Waals surface area contributed by atoms with Gasteiger partial charge in [-0.25, -0.2) is 0 Å². The van der Waals surface area contributed by atoms with Crippen LogP contribution in [0.2, 0.25) is 0 Å². The Labute approximate surface area is 114 Å². The number of benzene rings is 2. The van der Waals surface area contributed by atoms with Crippen molar-refractivity contribution in [1.29, 1.82) is 0 Å². The van der Waals surface area contributed by atoms with Gasteiger partial charge in [0.05, 0.1) is 6.04 Å². The van der Waals surface area contributed by atoms with Crippen LogP contribution in [0.1, 0.15) is 18.9 Å². The highest BCUT2D eigenvalue weighted by atomic mass is 14.9. The molecular formula is C17H20N2. The van der Waals surface area contributed by atoms with E-state index in [0.717, 1.165) is 13.1 Å². The molecule has 1 saturated heterocycles. The van der Waals surface area contributed by atoms with Gasteiger partial charge in [-0.2, -0.15) is 0 Å². The minimum Gasteiger partial charge on any atom is -0.315 e. The summed E-state index contributed by atoms with van der Waals surface area (Å²) in [7, 11) is 0. The zero-order valence-corrected chi connectivity index (χ0v) is 11.3. The van der Waals surface area contributed by atoms with Crippen molar-refractivity contribution in [3.63, 3.8) is 0 Å². The van der Waals surface area contributed by atoms with Crippen LogP contribution in [-0.2, 0) is 0 Å². The van der Waals surface area contributed by atoms with Gasteiger partial charge in [-0.05, 0) is 29.7 Å². The van der Waals surface area contributed by atoms with Gasteiger partial charge in [0.15, 0.2) is 0 Å². The van der Waals surface area contributed by atoms with Crippen LogP contribution in [-0.4, -0.2) is 25.3 Å². The minimum absolute atomic E-state index is 0.410. The molecule has 2 aromatic carbocycles. The molecule has 1 aliphatic rings. The zero-order chi connectivity index (χ0) is 13.1. The van der Waals surface area contributed by atoms with E-state index in [1.165, 1.54) is 22.8 Å². The Hall–Kier alpha value is -1.67. The van der Waals surface area contributed by atoms with Crippen molar-refractivity contribution in [3.05, 3.63) is 48.0 Å². The number of hydrogen-bond donors (Lipinski definition) is 1. The van der Waals surface area contributed by atoms with Crippen molar-refractivity contribution in [2.75, 3.05) is 13.1 Å². The van der Waals surface area contributed by atoms with Crippen LogP contribution in [0.4, 0.5) is 0 Å². The van der Waals surface area contributed by atoms with Gasteiger partial charge in [0.1, 0.15) is 0 Å². The van der Waals surface area contributed by atoms with Crippen molar-refractivity contribution in [3.8, 4) is 0 Å². The van der Waals surface area contributed by atoms with E-state index in [2.05, 4.69) is 60.9 Å². The van der Waals surface area contributed by atoms with Crippen LogP contribution in [0.25, 0.3) is 10.8 Å². The van der Waals surface area contributed by atoms with E-state index in [0.29, 0.717) is 12.0 Å². The molecule has 1 fully saturated rings. The van der Waals surface area contributed by atoms with Crippen LogP contribution in [0.15, 0.2) is 47.5 Å². The minimum atomic E-state index is 0.410. The molecule has 3 rings (SSSR count). The summed E-state index contributed by atoms with van der Waals surface area (Å²) < 4.78 is 0. The molecule has 2 aromatic rings. The lowest BCUT2D eigenvalue weighted by molar-refractivity contribution is 0.351. The van der Waals surface area contributed by atoms with Crippen molar-refractivity contribution in [2.45, 2.75) is 19.4 Å². The maximum Gasteiger partial charge on any atom is 0.0650 e. The predicted octanol–water partition coefficient (Wildman–Crippen LogP) is 3.26. The standard InChI is InChI=1S/C17H20N2/c1-13-9-10-18-12-17(13)19-11-15-7-4-6-14-5-2-3-8-16(14)15/h2-8,11,13,17-18H,9-10,12H2,1H3/t13?,17-/m0/s1. The Morgan fingerprint density at radius 3 is 2.89 bits per heavy atom. The number of hydrogen-bond acceptors (Lipinski definition) is 2. The fourth-order valence-electron chi connectivity index (χ4n) is 2.71. The van der Waals surface area contributed by atoms with Gasteiger partial charge in [-0.3, -0.25) is 4.99 Å². The van der Waals surface area contributed by atoms with Gasteiger partial charge < -0.3 is 5.32 Å². The molecule has 2 heteroatoms. The third-order valence-corrected chi connectivity index (χ3v) is 4.02. The molecule has 1 N–H and O–H groups in total. The number of rotatable bonds is 2. The molecule has 1 aliphatic heterocycles. The van der Waals surface area contributed by atoms with Gasteiger partial charge in [0.25, 0.3) is 0 Å². The molecule has 1 heterocycles. The highest BCUT2D eigenvalue weighted by molar-refractivity contribution is 5.99. The maximum atomic E-state index is 4.80. The fourth-order valence-corrected chi connectivity index (χ4v) is 2.71. The van der Waals surface area contributed by atoms with Crippen LogP contribution >= 0.6 is 0 Å². The van der Waals surface area contributed by atoms with E-state index in [1.54, 1.807) is 0 Å². The molecule has 0 amide bonds. The second kappa shape index (κ2) is 5.54. The molecule has 1 unspecified atom stereocenters. The first-order valence-electron chi connectivity index (χ1n) is 7.06. The lowest BCUT2D eigenvalue weighted by Gasteiger charge is -2.26. The summed E-state index contributed by atoms with van der Waals surface area (Å²) in [5, 5.41) is 5.99. The number of nitrogens with one attached hydrogen (secondary N) is 1. The van der Waals surface area contributed by atoms with Crippen LogP contribution in [0, 0.1) is 5.92 Å². The first-order chi connectivity index (χ1) is 9.34. The Kier molecular flexibility index (Phi) is 3.60. The second-order valence-corrected chi connectivity index (χ2v) is 5.38. The van der Waals surface area contributed by atoms with Crippen molar-refractivity contribution in [1.82, 2.24) is 5.32 Å². The fraction of sp³-hybridized carbons (Fsp3) is 0.353. The molecule has 0 radical (unpaired) electrons. The average molecular weight is 252 g/mol. The smallest absolute Gasteiger partial charge is 0.0650 e. The quantitative estimate of drug-likeness (QED) is 0.815. The number of aliphatic imine (C=N–C) groups is 1. The highest BCUT2D eigenvalue weighted by Crippen LogP contribution is 2.18. The van der Waals surface area contributed by atoms with E-state index in [-0.39, 0.29) is 0 Å². The van der Waals surface area contributed by atoms with Crippen LogP contribution < -0.4 is 5.32 Å². The van der Waals surface area contributed by atoms with Gasteiger partial charge >= 0.3 is 0 Å². The first kappa shape index (κ1) is 12.4. The molecule has 0 spiro atoms. The summed E-state index contributed by atoms with van der Waals surface area (Å²) in [6.45, 7) is 4.43. The highest BCUT2D eigenvalue weighted by Gasteiger charge is 2.19. The van der Waals surface area contributed by atoms with Crippen molar-refractivity contribution < 1.29 is 0 Å². The third-order valence-electron chi connectivity index (χ3n) is 4.02. The molecule has 98 valence electrons. The Morgan fingerprint density at radius 1 is 1.16 bits per heavy atom. The Bertz CT molecular complexity index is 583. The molecule has 19 heavy (non-hydrogen) atoms. The van der Waals surface area contributed by atoms with E-state index in [1.807, 2.05) is 0 Å². The van der Waals surface area contributed by atoms with E-state index >= 15 is 0 Å². The molecule has 0 aromatic heterocycles. The summed E-state index contributed by atoms with van der Waals surface area (Å²) in [5.41, 5.74) is 1.22. The van der Waals surface area contributed by atoms with E-state index in [4.69, 9.17) is 4.99 Å². The van der Waals surface area contributed by atoms with Crippen molar-refractivity contribution in [2.24, 2.45) is 10.9 Å². The molecule has 0 saturated carbocycles. The van der Waals surface area contributed by atoms with Gasteiger partial charge in [0, 0.05) is 18.3 Å². The predicted molar refractivity (Wildman–Crippen MR) is 82.0 cm³/mol. The number of fused-ring (bicyclic) bond motifs is 1. The summed E-state index contributed by atoms with van der Waals surface area (Å²) in [6.07, 6.45) is 3.27. The lowest BCUT2D eigenvalue weighted by atomic mass is 9.95. The Morgan fingerprint density at radius 2 is 2.00 bits per heavy atom. The number of piperidine rings is 1. The molecule has 0 bridgehead atoms. The van der Waals surface area contributed by atoms with Gasteiger partial charge in [0.2, 0.25) is 0 Å². The lowest BCUT2D eigenvalue weighted by Crippen LogP contribution is -2.38. The van der Waals surface area contributed by atoms with Gasteiger partial charge in [-0.15, -0.1) is 0 Å². The molecular weight excluding hydrogens is 232 g/mol. The molecule has 0 aliphatic carbocycles. The topological polar surface area (TPSA) is 24.4 Å². The van der Waals surface area contributed by atoms with E-state index in [9.17, 15) is 0 Å². The molecule has 2 nitrogen and oxygen atoms in total. The first-order valence-corrected chi connectivity index (χ1v) is 7.06. The normalized spacial score (nSPS) is 24.1. The SMILES string of the molecule is CC1CCNC[C@@H]1N=Cc1cccc2ccccc12. The third kappa shape index (κ3) is 2.69. The second-order valence-electron chi connectivity index (χ2n) is 5.38. The van der Waals surface area contributed by atoms with Crippen LogP contribution in [0.3, 0.4) is 0 Å². The summed E-state index contributed by atoms with van der Waals surface area (Å²) in [5.74, 6) is 0.674. The average Bonchev–Trinajstić information content (AvgIpc) is 2.46. The maximum absolute atomic E-state index is 4.80. The monoisotopic (exact) mass is 252 g/mol. The number of nitrogens with zero attached hydrogens (tertiary/aromatic N) is 1. The molecule has 2 atom stereocenters.